The topological polar surface area (TPSA) is 62.1 Å². The summed E-state index contributed by atoms with van der Waals surface area (Å²) in [5.41, 5.74) is 5.20. The molecule has 29 heavy (non-hydrogen) atoms. The van der Waals surface area contributed by atoms with E-state index in [9.17, 15) is 10.1 Å². The zero-order chi connectivity index (χ0) is 20.5. The van der Waals surface area contributed by atoms with E-state index in [0.717, 1.165) is 44.7 Å². The van der Waals surface area contributed by atoms with Crippen LogP contribution in [0.3, 0.4) is 0 Å². The Morgan fingerprint density at radius 2 is 1.72 bits per heavy atom. The maximum atomic E-state index is 13.3. The van der Waals surface area contributed by atoms with E-state index in [4.69, 9.17) is 4.74 Å². The van der Waals surface area contributed by atoms with Gasteiger partial charge in [-0.1, -0.05) is 40.2 Å². The Kier molecular flexibility index (Phi) is 5.29. The summed E-state index contributed by atoms with van der Waals surface area (Å²) >= 11 is 3.46. The quantitative estimate of drug-likeness (QED) is 0.687. The smallest absolute Gasteiger partial charge is 0.162 e. The van der Waals surface area contributed by atoms with Crippen molar-refractivity contribution in [1.82, 2.24) is 5.32 Å². The molecule has 2 aliphatic rings. The summed E-state index contributed by atoms with van der Waals surface area (Å²) in [4.78, 5) is 13.3. The minimum atomic E-state index is -0.311. The molecule has 1 aliphatic heterocycles. The van der Waals surface area contributed by atoms with E-state index < -0.39 is 0 Å². The standard InChI is InChI=1S/C24H21BrN2O2/c1-14-20(13-26)23(16-3-7-18(25)8-4-16)24-21(27-14)11-17(12-22(24)28)15-5-9-19(29-2)10-6-15/h3-10,17,23,27H,11-12H2,1-2H3/t17-,23-/m0/s1. The summed E-state index contributed by atoms with van der Waals surface area (Å²) < 4.78 is 6.21. The van der Waals surface area contributed by atoms with Gasteiger partial charge in [-0.15, -0.1) is 0 Å². The molecule has 4 rings (SSSR count). The van der Waals surface area contributed by atoms with Gasteiger partial charge in [-0.2, -0.15) is 5.26 Å². The molecule has 4 nitrogen and oxygen atoms in total. The summed E-state index contributed by atoms with van der Waals surface area (Å²) in [6.45, 7) is 1.91. The highest BCUT2D eigenvalue weighted by Gasteiger charge is 2.38. The Bertz CT molecular complexity index is 1060. The van der Waals surface area contributed by atoms with Crippen LogP contribution < -0.4 is 10.1 Å². The molecule has 0 bridgehead atoms. The van der Waals surface area contributed by atoms with E-state index in [-0.39, 0.29) is 17.6 Å². The van der Waals surface area contributed by atoms with Crippen LogP contribution in [-0.2, 0) is 4.79 Å². The first-order chi connectivity index (χ1) is 14.0. The fraction of sp³-hybridized carbons (Fsp3) is 0.250. The summed E-state index contributed by atoms with van der Waals surface area (Å²) in [5, 5.41) is 13.2. The van der Waals surface area contributed by atoms with Crippen LogP contribution in [0.1, 0.15) is 42.7 Å². The Balaban J connectivity index is 1.74. The molecule has 2 aromatic carbocycles. The normalized spacial score (nSPS) is 21.4. The van der Waals surface area contributed by atoms with Crippen molar-refractivity contribution in [1.29, 1.82) is 5.26 Å². The van der Waals surface area contributed by atoms with Gasteiger partial charge in [-0.05, 0) is 54.7 Å². The average Bonchev–Trinajstić information content (AvgIpc) is 2.73. The monoisotopic (exact) mass is 448 g/mol. The van der Waals surface area contributed by atoms with Crippen molar-refractivity contribution >= 4 is 21.7 Å². The Morgan fingerprint density at radius 3 is 2.34 bits per heavy atom. The van der Waals surface area contributed by atoms with E-state index in [1.165, 1.54) is 0 Å². The number of halogens is 1. The number of dihydropyridines is 1. The number of nitrogens with zero attached hydrogens (tertiary/aromatic N) is 1. The van der Waals surface area contributed by atoms with E-state index in [2.05, 4.69) is 27.3 Å². The molecule has 1 N–H and O–H groups in total. The zero-order valence-electron chi connectivity index (χ0n) is 16.3. The number of rotatable bonds is 3. The Labute approximate surface area is 179 Å². The highest BCUT2D eigenvalue weighted by Crippen LogP contribution is 2.45. The number of Topliss-reactive ketones (excluding diaryl/α,β-unsaturated/α-hetero) is 1. The molecule has 1 aliphatic carbocycles. The first-order valence-corrected chi connectivity index (χ1v) is 10.3. The van der Waals surface area contributed by atoms with Crippen LogP contribution in [0.5, 0.6) is 5.75 Å². The van der Waals surface area contributed by atoms with Gasteiger partial charge in [-0.3, -0.25) is 4.79 Å². The highest BCUT2D eigenvalue weighted by molar-refractivity contribution is 9.10. The summed E-state index contributed by atoms with van der Waals surface area (Å²) in [6, 6.07) is 18.1. The average molecular weight is 449 g/mol. The predicted octanol–water partition coefficient (Wildman–Crippen LogP) is 5.34. The van der Waals surface area contributed by atoms with Gasteiger partial charge in [0.25, 0.3) is 0 Å². The number of nitrogens with one attached hydrogen (secondary N) is 1. The molecule has 0 fully saturated rings. The number of carbonyl (C=O) groups excluding carboxylic acids is 1. The van der Waals surface area contributed by atoms with Crippen molar-refractivity contribution in [2.24, 2.45) is 0 Å². The maximum Gasteiger partial charge on any atom is 0.162 e. The third-order valence-corrected chi connectivity index (χ3v) is 6.27. The van der Waals surface area contributed by atoms with E-state index in [0.29, 0.717) is 12.0 Å². The molecule has 0 saturated heterocycles. The van der Waals surface area contributed by atoms with Gasteiger partial charge in [0, 0.05) is 27.9 Å². The number of methoxy groups -OCH3 is 1. The lowest BCUT2D eigenvalue weighted by molar-refractivity contribution is -0.116. The molecular weight excluding hydrogens is 428 g/mol. The highest BCUT2D eigenvalue weighted by atomic mass is 79.9. The minimum absolute atomic E-state index is 0.104. The summed E-state index contributed by atoms with van der Waals surface area (Å²) in [5.74, 6) is 0.711. The van der Waals surface area contributed by atoms with Crippen molar-refractivity contribution in [2.75, 3.05) is 7.11 Å². The molecule has 2 atom stereocenters. The molecule has 146 valence electrons. The van der Waals surface area contributed by atoms with Crippen molar-refractivity contribution in [3.05, 3.63) is 86.7 Å². The van der Waals surface area contributed by atoms with Crippen LogP contribution in [0.4, 0.5) is 0 Å². The van der Waals surface area contributed by atoms with Gasteiger partial charge >= 0.3 is 0 Å². The molecule has 1 heterocycles. The van der Waals surface area contributed by atoms with Crippen LogP contribution in [0.15, 0.2) is 75.5 Å². The van der Waals surface area contributed by atoms with Crippen molar-refractivity contribution in [2.45, 2.75) is 31.6 Å². The second-order valence-electron chi connectivity index (χ2n) is 7.45. The fourth-order valence-electron chi connectivity index (χ4n) is 4.29. The van der Waals surface area contributed by atoms with Gasteiger partial charge in [0.2, 0.25) is 0 Å². The minimum Gasteiger partial charge on any atom is -0.497 e. The Hall–Kier alpha value is -2.84. The van der Waals surface area contributed by atoms with E-state index >= 15 is 0 Å². The van der Waals surface area contributed by atoms with Crippen LogP contribution in [0.2, 0.25) is 0 Å². The second kappa shape index (κ2) is 7.88. The molecule has 0 spiro atoms. The third-order valence-electron chi connectivity index (χ3n) is 5.74. The summed E-state index contributed by atoms with van der Waals surface area (Å²) in [7, 11) is 1.65. The molecule has 0 aromatic heterocycles. The molecule has 0 amide bonds. The number of allylic oxidation sites excluding steroid dienone is 4. The van der Waals surface area contributed by atoms with Gasteiger partial charge in [0.1, 0.15) is 5.75 Å². The molecular formula is C24H21BrN2O2. The van der Waals surface area contributed by atoms with Crippen LogP contribution >= 0.6 is 15.9 Å². The largest absolute Gasteiger partial charge is 0.497 e. The molecule has 2 aromatic rings. The van der Waals surface area contributed by atoms with Crippen LogP contribution in [0, 0.1) is 11.3 Å². The predicted molar refractivity (Wildman–Crippen MR) is 115 cm³/mol. The van der Waals surface area contributed by atoms with Gasteiger partial charge in [0.05, 0.1) is 24.7 Å². The maximum absolute atomic E-state index is 13.3. The number of hydrogen-bond donors (Lipinski definition) is 1. The molecule has 0 radical (unpaired) electrons. The number of ketones is 1. The Morgan fingerprint density at radius 1 is 1.07 bits per heavy atom. The van der Waals surface area contributed by atoms with Crippen molar-refractivity contribution < 1.29 is 9.53 Å². The second-order valence-corrected chi connectivity index (χ2v) is 8.37. The van der Waals surface area contributed by atoms with Gasteiger partial charge in [-0.25, -0.2) is 0 Å². The number of benzene rings is 2. The van der Waals surface area contributed by atoms with Gasteiger partial charge < -0.3 is 10.1 Å². The van der Waals surface area contributed by atoms with Crippen molar-refractivity contribution in [3.63, 3.8) is 0 Å². The SMILES string of the molecule is COc1ccc([C@@H]2CC(=O)C3=C(C2)NC(C)=C(C#N)[C@@H]3c2ccc(Br)cc2)cc1. The van der Waals surface area contributed by atoms with E-state index in [1.54, 1.807) is 7.11 Å². The zero-order valence-corrected chi connectivity index (χ0v) is 17.9. The number of carbonyl (C=O) groups is 1. The first-order valence-electron chi connectivity index (χ1n) is 9.55. The number of hydrogen-bond acceptors (Lipinski definition) is 4. The first kappa shape index (κ1) is 19.5. The molecule has 0 unspecified atom stereocenters. The van der Waals surface area contributed by atoms with Gasteiger partial charge in [0.15, 0.2) is 5.78 Å². The van der Waals surface area contributed by atoms with E-state index in [1.807, 2.05) is 55.5 Å². The van der Waals surface area contributed by atoms with Crippen molar-refractivity contribution in [3.8, 4) is 11.8 Å². The lowest BCUT2D eigenvalue weighted by Gasteiger charge is -2.35. The van der Waals surface area contributed by atoms with Crippen LogP contribution in [-0.4, -0.2) is 12.9 Å². The summed E-state index contributed by atoms with van der Waals surface area (Å²) in [6.07, 6.45) is 1.19. The molecule has 0 saturated carbocycles. The lowest BCUT2D eigenvalue weighted by atomic mass is 9.72. The van der Waals surface area contributed by atoms with Crippen LogP contribution in [0.25, 0.3) is 0 Å². The lowest BCUT2D eigenvalue weighted by Crippen LogP contribution is -2.33. The number of ether oxygens (including phenoxy) is 1. The third kappa shape index (κ3) is 3.61. The fourth-order valence-corrected chi connectivity index (χ4v) is 4.55. The number of nitriles is 1. The molecule has 5 heteroatoms.